The van der Waals surface area contributed by atoms with Crippen LogP contribution < -0.4 is 0 Å². The van der Waals surface area contributed by atoms with Crippen LogP contribution in [-0.2, 0) is 23.7 Å². The van der Waals surface area contributed by atoms with Gasteiger partial charge in [-0.1, -0.05) is 39.0 Å². The monoisotopic (exact) mass is 388 g/mol. The van der Waals surface area contributed by atoms with Crippen molar-refractivity contribution in [3.63, 3.8) is 0 Å². The van der Waals surface area contributed by atoms with Crippen LogP contribution in [0.4, 0.5) is 0 Å². The van der Waals surface area contributed by atoms with Crippen molar-refractivity contribution in [1.29, 1.82) is 0 Å². The van der Waals surface area contributed by atoms with Gasteiger partial charge in [0.25, 0.3) is 0 Å². The van der Waals surface area contributed by atoms with Gasteiger partial charge in [0.05, 0.1) is 11.9 Å². The molecule has 152 valence electrons. The summed E-state index contributed by atoms with van der Waals surface area (Å²) in [4.78, 5) is 0. The highest BCUT2D eigenvalue weighted by Gasteiger charge is 2.58. The molecule has 3 aliphatic heterocycles. The zero-order valence-electron chi connectivity index (χ0n) is 17.0. The van der Waals surface area contributed by atoms with Crippen molar-refractivity contribution >= 4 is 11.8 Å². The predicted octanol–water partition coefficient (Wildman–Crippen LogP) is 4.48. The molecule has 0 aromatic rings. The molecule has 0 radical (unpaired) electrons. The Hall–Kier alpha value is 0.150. The van der Waals surface area contributed by atoms with E-state index in [0.29, 0.717) is 6.61 Å². The lowest BCUT2D eigenvalue weighted by molar-refractivity contribution is -0.219. The topological polar surface area (TPSA) is 46.2 Å². The van der Waals surface area contributed by atoms with Crippen LogP contribution in [-0.4, -0.2) is 53.8 Å². The molecule has 0 aliphatic carbocycles. The van der Waals surface area contributed by atoms with Crippen LogP contribution in [0.2, 0.25) is 0 Å². The molecule has 3 rings (SSSR count). The fraction of sp³-hybridized carbons (Fsp3) is 1.00. The van der Waals surface area contributed by atoms with E-state index >= 15 is 0 Å². The highest BCUT2D eigenvalue weighted by Crippen LogP contribution is 2.45. The van der Waals surface area contributed by atoms with E-state index in [1.54, 1.807) is 0 Å². The number of thioether (sulfide) groups is 1. The Morgan fingerprint density at radius 2 is 1.58 bits per heavy atom. The van der Waals surface area contributed by atoms with E-state index in [4.69, 9.17) is 23.7 Å². The lowest BCUT2D eigenvalue weighted by Gasteiger charge is -2.28. The molecule has 0 aromatic heterocycles. The number of ether oxygens (including phenoxy) is 5. The minimum atomic E-state index is -0.578. The van der Waals surface area contributed by atoms with Crippen LogP contribution in [0, 0.1) is 0 Å². The fourth-order valence-electron chi connectivity index (χ4n) is 3.97. The smallest absolute Gasteiger partial charge is 0.188 e. The summed E-state index contributed by atoms with van der Waals surface area (Å²) in [5, 5.41) is 0.222. The van der Waals surface area contributed by atoms with E-state index in [9.17, 15) is 0 Å². The van der Waals surface area contributed by atoms with E-state index in [1.165, 1.54) is 38.5 Å². The summed E-state index contributed by atoms with van der Waals surface area (Å²) in [6.07, 6.45) is 7.44. The molecule has 0 N–H and O–H groups in total. The van der Waals surface area contributed by atoms with Gasteiger partial charge in [-0.15, -0.1) is 0 Å². The molecule has 0 spiro atoms. The third-order valence-corrected chi connectivity index (χ3v) is 6.68. The number of rotatable bonds is 9. The van der Waals surface area contributed by atoms with Gasteiger partial charge in [0.1, 0.15) is 18.3 Å². The molecule has 1 unspecified atom stereocenters. The summed E-state index contributed by atoms with van der Waals surface area (Å²) in [5.74, 6) is 0.00735. The van der Waals surface area contributed by atoms with Crippen LogP contribution >= 0.6 is 11.8 Å². The first-order chi connectivity index (χ1) is 12.3. The minimum Gasteiger partial charge on any atom is -0.348 e. The van der Waals surface area contributed by atoms with Gasteiger partial charge in [0, 0.05) is 0 Å². The van der Waals surface area contributed by atoms with Crippen LogP contribution in [0.3, 0.4) is 0 Å². The van der Waals surface area contributed by atoms with E-state index in [2.05, 4.69) is 6.92 Å². The van der Waals surface area contributed by atoms with Gasteiger partial charge in [0.2, 0.25) is 0 Å². The van der Waals surface area contributed by atoms with Gasteiger partial charge in [-0.3, -0.25) is 0 Å². The first-order valence-corrected chi connectivity index (χ1v) is 11.3. The minimum absolute atomic E-state index is 0.0348. The number of hydrogen-bond acceptors (Lipinski definition) is 6. The quantitative estimate of drug-likeness (QED) is 0.543. The Morgan fingerprint density at radius 1 is 0.846 bits per heavy atom. The highest BCUT2D eigenvalue weighted by atomic mass is 32.2. The summed E-state index contributed by atoms with van der Waals surface area (Å²) in [5.41, 5.74) is 0. The number of hydrogen-bond donors (Lipinski definition) is 0. The van der Waals surface area contributed by atoms with E-state index in [1.807, 2.05) is 39.5 Å². The number of fused-ring (bicyclic) bond motifs is 1. The second-order valence-corrected chi connectivity index (χ2v) is 9.83. The lowest BCUT2D eigenvalue weighted by Crippen LogP contribution is -2.41. The summed E-state index contributed by atoms with van der Waals surface area (Å²) in [6.45, 7) is 10.6. The fourth-order valence-corrected chi connectivity index (χ4v) is 5.42. The molecule has 5 nitrogen and oxygen atoms in total. The average Bonchev–Trinajstić information content (AvgIpc) is 3.16. The molecule has 6 heteroatoms. The second kappa shape index (κ2) is 8.66. The third-order valence-electron chi connectivity index (χ3n) is 5.23. The zero-order chi connectivity index (χ0) is 18.8. The zero-order valence-corrected chi connectivity index (χ0v) is 17.8. The van der Waals surface area contributed by atoms with Crippen molar-refractivity contribution in [2.75, 3.05) is 12.4 Å². The summed E-state index contributed by atoms with van der Waals surface area (Å²) in [7, 11) is 0. The van der Waals surface area contributed by atoms with Gasteiger partial charge >= 0.3 is 0 Å². The summed E-state index contributed by atoms with van der Waals surface area (Å²) in [6, 6.07) is 0. The van der Waals surface area contributed by atoms with Crippen molar-refractivity contribution < 1.29 is 23.7 Å². The molecule has 0 saturated carbocycles. The van der Waals surface area contributed by atoms with Crippen molar-refractivity contribution in [2.24, 2.45) is 0 Å². The maximum Gasteiger partial charge on any atom is 0.188 e. The van der Waals surface area contributed by atoms with Crippen molar-refractivity contribution in [2.45, 2.75) is 115 Å². The predicted molar refractivity (Wildman–Crippen MR) is 103 cm³/mol. The Labute approximate surface area is 162 Å². The molecule has 5 atom stereocenters. The van der Waals surface area contributed by atoms with Gasteiger partial charge in [-0.25, -0.2) is 0 Å². The Morgan fingerprint density at radius 3 is 2.27 bits per heavy atom. The second-order valence-electron chi connectivity index (χ2n) is 8.54. The highest BCUT2D eigenvalue weighted by molar-refractivity contribution is 8.00. The SMILES string of the molecule is CCCCCCCCS[C@@H]1[C@H]2OC(C)(C)O[C@H]2O[C@@H]1C1COC(C)(C)O1. The maximum absolute atomic E-state index is 6.25. The van der Waals surface area contributed by atoms with Crippen LogP contribution in [0.5, 0.6) is 0 Å². The first kappa shape index (κ1) is 20.9. The largest absolute Gasteiger partial charge is 0.348 e. The molecule has 0 aromatic carbocycles. The normalized spacial score (nSPS) is 38.0. The Bertz CT molecular complexity index is 455. The molecular weight excluding hydrogens is 352 g/mol. The van der Waals surface area contributed by atoms with Crippen LogP contribution in [0.25, 0.3) is 0 Å². The molecule has 3 heterocycles. The van der Waals surface area contributed by atoms with E-state index in [-0.39, 0.29) is 29.9 Å². The number of unbranched alkanes of at least 4 members (excludes halogenated alkanes) is 5. The van der Waals surface area contributed by atoms with Crippen molar-refractivity contribution in [3.05, 3.63) is 0 Å². The standard InChI is InChI=1S/C20H36O5S/c1-6-7-8-9-10-11-12-26-17-15(14-13-21-19(2,3)23-14)22-18-16(17)24-20(4,5)25-18/h14-18H,6-13H2,1-5H3/t14?,15-,16-,17+,18-/m1/s1. The van der Waals surface area contributed by atoms with Crippen molar-refractivity contribution in [1.82, 2.24) is 0 Å². The van der Waals surface area contributed by atoms with Gasteiger partial charge < -0.3 is 23.7 Å². The Kier molecular flexibility index (Phi) is 6.95. The summed E-state index contributed by atoms with van der Waals surface area (Å²) < 4.78 is 30.2. The molecule has 3 saturated heterocycles. The molecule has 26 heavy (non-hydrogen) atoms. The Balaban J connectivity index is 1.53. The molecular formula is C20H36O5S. The third kappa shape index (κ3) is 5.15. The molecule has 0 amide bonds. The average molecular weight is 389 g/mol. The lowest BCUT2D eigenvalue weighted by atomic mass is 10.1. The van der Waals surface area contributed by atoms with Gasteiger partial charge in [-0.05, 0) is 39.9 Å². The van der Waals surface area contributed by atoms with E-state index in [0.717, 1.165) is 5.75 Å². The van der Waals surface area contributed by atoms with Crippen LogP contribution in [0.1, 0.15) is 73.1 Å². The maximum atomic E-state index is 6.25. The van der Waals surface area contributed by atoms with Gasteiger partial charge in [0.15, 0.2) is 17.9 Å². The van der Waals surface area contributed by atoms with Crippen molar-refractivity contribution in [3.8, 4) is 0 Å². The molecule has 3 aliphatic rings. The van der Waals surface area contributed by atoms with E-state index < -0.39 is 11.6 Å². The van der Waals surface area contributed by atoms with Crippen LogP contribution in [0.15, 0.2) is 0 Å². The van der Waals surface area contributed by atoms with Gasteiger partial charge in [-0.2, -0.15) is 11.8 Å². The molecule has 0 bridgehead atoms. The summed E-state index contributed by atoms with van der Waals surface area (Å²) >= 11 is 1.95. The first-order valence-electron chi connectivity index (χ1n) is 10.3. The molecule has 3 fully saturated rings.